The summed E-state index contributed by atoms with van der Waals surface area (Å²) in [6.45, 7) is 7.86. The Hall–Kier alpha value is -0.650. The maximum atomic E-state index is 11.5. The first-order valence-corrected chi connectivity index (χ1v) is 4.80. The van der Waals surface area contributed by atoms with Crippen LogP contribution >= 0.6 is 0 Å². The molecule has 0 aliphatic rings. The fourth-order valence-electron chi connectivity index (χ4n) is 0.987. The van der Waals surface area contributed by atoms with Crippen LogP contribution in [0.4, 0.5) is 0 Å². The van der Waals surface area contributed by atoms with Crippen LogP contribution in [0.5, 0.6) is 0 Å². The highest BCUT2D eigenvalue weighted by molar-refractivity contribution is 5.78. The van der Waals surface area contributed by atoms with E-state index >= 15 is 0 Å². The molecular weight excluding hydrogens is 184 g/mol. The van der Waals surface area contributed by atoms with E-state index in [1.165, 1.54) is 0 Å². The van der Waals surface area contributed by atoms with Gasteiger partial charge in [0, 0.05) is 12.0 Å². The van der Waals surface area contributed by atoms with E-state index in [9.17, 15) is 4.79 Å². The molecule has 0 rings (SSSR count). The number of hydrogen-bond acceptors (Lipinski definition) is 4. The molecule has 0 heterocycles. The second-order valence-corrected chi connectivity index (χ2v) is 3.83. The van der Waals surface area contributed by atoms with Gasteiger partial charge in [0.25, 0.3) is 0 Å². The van der Waals surface area contributed by atoms with Crippen LogP contribution in [0.2, 0.25) is 0 Å². The fraction of sp³-hybridized carbons (Fsp3) is 0.889. The molecule has 0 saturated heterocycles. The molecule has 0 radical (unpaired) electrons. The number of amides is 1. The molecule has 0 aromatic heterocycles. The average Bonchev–Trinajstić information content (AvgIpc) is 2.11. The predicted molar refractivity (Wildman–Crippen MR) is 52.5 cm³/mol. The van der Waals surface area contributed by atoms with Crippen molar-refractivity contribution in [3.8, 4) is 0 Å². The lowest BCUT2D eigenvalue weighted by Gasteiger charge is -2.19. The highest BCUT2D eigenvalue weighted by Crippen LogP contribution is 2.11. The van der Waals surface area contributed by atoms with Gasteiger partial charge < -0.3 is 5.32 Å². The van der Waals surface area contributed by atoms with Gasteiger partial charge >= 0.3 is 0 Å². The highest BCUT2D eigenvalue weighted by Gasteiger charge is 2.20. The van der Waals surface area contributed by atoms with Crippen molar-refractivity contribution in [2.75, 3.05) is 6.61 Å². The highest BCUT2D eigenvalue weighted by atomic mass is 16.8. The lowest BCUT2D eigenvalue weighted by atomic mass is 9.96. The van der Waals surface area contributed by atoms with Crippen molar-refractivity contribution < 1.29 is 14.8 Å². The molecule has 0 aliphatic heterocycles. The van der Waals surface area contributed by atoms with Crippen LogP contribution in [0.25, 0.3) is 0 Å². The van der Waals surface area contributed by atoms with E-state index in [1.54, 1.807) is 5.64 Å². The Morgan fingerprint density at radius 1 is 1.36 bits per heavy atom. The Labute approximate surface area is 84.7 Å². The Bertz CT molecular complexity index is 173. The molecule has 0 aliphatic carbocycles. The summed E-state index contributed by atoms with van der Waals surface area (Å²) in [5.41, 5.74) is 1.60. The van der Waals surface area contributed by atoms with Crippen molar-refractivity contribution >= 4 is 5.91 Å². The molecule has 2 atom stereocenters. The average molecular weight is 204 g/mol. The van der Waals surface area contributed by atoms with Crippen molar-refractivity contribution in [2.45, 2.75) is 33.7 Å². The number of carbonyl (C=O) groups is 1. The zero-order chi connectivity index (χ0) is 11.1. The molecule has 0 bridgehead atoms. The van der Waals surface area contributed by atoms with Gasteiger partial charge in [-0.1, -0.05) is 19.5 Å². The first-order valence-electron chi connectivity index (χ1n) is 4.80. The second-order valence-electron chi connectivity index (χ2n) is 3.83. The van der Waals surface area contributed by atoms with Crippen molar-refractivity contribution in [1.82, 2.24) is 11.0 Å². The number of rotatable bonds is 6. The maximum absolute atomic E-state index is 11.5. The normalized spacial score (nSPS) is 15.3. The summed E-state index contributed by atoms with van der Waals surface area (Å²) in [5, 5.41) is 11.0. The minimum Gasteiger partial charge on any atom is -0.354 e. The van der Waals surface area contributed by atoms with Crippen LogP contribution in [-0.4, -0.2) is 23.8 Å². The molecule has 0 aromatic carbocycles. The molecule has 3 N–H and O–H groups in total. The third kappa shape index (κ3) is 5.16. The van der Waals surface area contributed by atoms with Crippen LogP contribution in [0.1, 0.15) is 27.7 Å². The van der Waals surface area contributed by atoms with E-state index in [-0.39, 0.29) is 23.8 Å². The molecule has 84 valence electrons. The smallest absolute Gasteiger partial charge is 0.223 e. The van der Waals surface area contributed by atoms with Gasteiger partial charge in [0.2, 0.25) is 5.91 Å². The SMILES string of the molecule is CC(C)NC(=O)C(C)C(C)CONO. The largest absolute Gasteiger partial charge is 0.354 e. The first-order chi connectivity index (χ1) is 6.49. The lowest BCUT2D eigenvalue weighted by molar-refractivity contribution is -0.145. The molecule has 0 saturated carbocycles. The van der Waals surface area contributed by atoms with E-state index in [0.717, 1.165) is 0 Å². The van der Waals surface area contributed by atoms with Gasteiger partial charge in [-0.25, -0.2) is 0 Å². The van der Waals surface area contributed by atoms with Crippen LogP contribution in [0.3, 0.4) is 0 Å². The molecule has 0 aromatic rings. The van der Waals surface area contributed by atoms with Gasteiger partial charge in [-0.3, -0.25) is 14.8 Å². The summed E-state index contributed by atoms with van der Waals surface area (Å²) in [4.78, 5) is 16.1. The van der Waals surface area contributed by atoms with Crippen molar-refractivity contribution in [3.05, 3.63) is 0 Å². The molecule has 0 fully saturated rings. The van der Waals surface area contributed by atoms with Gasteiger partial charge in [0.05, 0.1) is 6.61 Å². The number of nitrogens with one attached hydrogen (secondary N) is 2. The third-order valence-corrected chi connectivity index (χ3v) is 2.11. The number of carbonyl (C=O) groups excluding carboxylic acids is 1. The van der Waals surface area contributed by atoms with Crippen LogP contribution in [0, 0.1) is 11.8 Å². The molecule has 5 heteroatoms. The maximum Gasteiger partial charge on any atom is 0.223 e. The molecule has 14 heavy (non-hydrogen) atoms. The minimum atomic E-state index is -0.134. The molecule has 5 nitrogen and oxygen atoms in total. The monoisotopic (exact) mass is 204 g/mol. The van der Waals surface area contributed by atoms with Crippen LogP contribution in [-0.2, 0) is 9.63 Å². The number of hydrogen-bond donors (Lipinski definition) is 3. The van der Waals surface area contributed by atoms with E-state index in [2.05, 4.69) is 10.2 Å². The van der Waals surface area contributed by atoms with Crippen molar-refractivity contribution in [3.63, 3.8) is 0 Å². The quantitative estimate of drug-likeness (QED) is 0.557. The van der Waals surface area contributed by atoms with Crippen LogP contribution in [0.15, 0.2) is 0 Å². The summed E-state index contributed by atoms with van der Waals surface area (Å²) < 4.78 is 0. The van der Waals surface area contributed by atoms with Crippen molar-refractivity contribution in [2.24, 2.45) is 11.8 Å². The van der Waals surface area contributed by atoms with Crippen LogP contribution < -0.4 is 11.0 Å². The zero-order valence-electron chi connectivity index (χ0n) is 9.20. The predicted octanol–water partition coefficient (Wildman–Crippen LogP) is 0.694. The Morgan fingerprint density at radius 3 is 2.36 bits per heavy atom. The van der Waals surface area contributed by atoms with Gasteiger partial charge in [0.1, 0.15) is 0 Å². The van der Waals surface area contributed by atoms with Crippen molar-refractivity contribution in [1.29, 1.82) is 0 Å². The van der Waals surface area contributed by atoms with E-state index in [4.69, 9.17) is 5.21 Å². The molecule has 1 amide bonds. The molecule has 2 unspecified atom stereocenters. The fourth-order valence-corrected chi connectivity index (χ4v) is 0.987. The summed E-state index contributed by atoms with van der Waals surface area (Å²) in [5.74, 6) is -0.0758. The van der Waals surface area contributed by atoms with E-state index in [0.29, 0.717) is 6.61 Å². The lowest BCUT2D eigenvalue weighted by Crippen LogP contribution is -2.38. The molecule has 0 spiro atoms. The van der Waals surface area contributed by atoms with Gasteiger partial charge in [-0.15, -0.1) is 0 Å². The minimum absolute atomic E-state index is 0.00837. The third-order valence-electron chi connectivity index (χ3n) is 2.11. The molecular formula is C9H20N2O3. The first kappa shape index (κ1) is 13.4. The Kier molecular flexibility index (Phi) is 6.44. The van der Waals surface area contributed by atoms with E-state index in [1.807, 2.05) is 27.7 Å². The summed E-state index contributed by atoms with van der Waals surface area (Å²) in [7, 11) is 0. The Balaban J connectivity index is 3.90. The summed E-state index contributed by atoms with van der Waals surface area (Å²) in [6, 6.07) is 0.147. The van der Waals surface area contributed by atoms with E-state index < -0.39 is 0 Å². The van der Waals surface area contributed by atoms with Gasteiger partial charge in [-0.2, -0.15) is 0 Å². The van der Waals surface area contributed by atoms with Gasteiger partial charge in [-0.05, 0) is 19.8 Å². The van der Waals surface area contributed by atoms with Gasteiger partial charge in [0.15, 0.2) is 0 Å². The standard InChI is InChI=1S/C9H20N2O3/c1-6(2)10-9(12)8(4)7(3)5-14-11-13/h6-8,11,13H,5H2,1-4H3,(H,10,12). The topological polar surface area (TPSA) is 70.6 Å². The second kappa shape index (κ2) is 6.75. The summed E-state index contributed by atoms with van der Waals surface area (Å²) >= 11 is 0. The summed E-state index contributed by atoms with van der Waals surface area (Å²) in [6.07, 6.45) is 0. The zero-order valence-corrected chi connectivity index (χ0v) is 9.20. The Morgan fingerprint density at radius 2 is 1.93 bits per heavy atom.